The molecule has 0 fully saturated rings. The molecule has 5 aromatic rings. The number of urea groups is 1. The molecule has 0 unspecified atom stereocenters. The summed E-state index contributed by atoms with van der Waals surface area (Å²) in [5.41, 5.74) is 6.13. The molecule has 4 aromatic heterocycles. The Kier molecular flexibility index (Phi) is 7.26. The lowest BCUT2D eigenvalue weighted by molar-refractivity contribution is -0.368. The molecule has 0 aliphatic rings. The smallest absolute Gasteiger partial charge is 0.326 e. The lowest BCUT2D eigenvalue weighted by Gasteiger charge is -2.09. The molecule has 0 spiro atoms. The normalized spacial score (nSPS) is 11.2. The van der Waals surface area contributed by atoms with Crippen LogP contribution in [0.25, 0.3) is 28.3 Å². The Balaban J connectivity index is 1.25. The Morgan fingerprint density at radius 2 is 1.87 bits per heavy atom. The van der Waals surface area contributed by atoms with Crippen LogP contribution in [-0.4, -0.2) is 54.4 Å². The van der Waals surface area contributed by atoms with Gasteiger partial charge in [-0.3, -0.25) is 14.8 Å². The number of rotatable bonds is 10. The van der Waals surface area contributed by atoms with Crippen molar-refractivity contribution in [2.75, 3.05) is 23.7 Å². The fourth-order valence-corrected chi connectivity index (χ4v) is 4.01. The highest BCUT2D eigenvalue weighted by atomic mass is 16.3. The first-order chi connectivity index (χ1) is 18.5. The fourth-order valence-electron chi connectivity index (χ4n) is 4.01. The van der Waals surface area contributed by atoms with Gasteiger partial charge in [-0.15, -0.1) is 5.10 Å². The van der Waals surface area contributed by atoms with Gasteiger partial charge >= 0.3 is 6.03 Å². The zero-order valence-electron chi connectivity index (χ0n) is 21.0. The van der Waals surface area contributed by atoms with E-state index < -0.39 is 6.03 Å². The van der Waals surface area contributed by atoms with Crippen LogP contribution in [0, 0.1) is 0 Å². The quantitative estimate of drug-likeness (QED) is 0.205. The number of carbonyl (C=O) groups is 2. The number of aromatic nitrogens is 6. The Morgan fingerprint density at radius 3 is 2.63 bits per heavy atom. The number of furan rings is 1. The van der Waals surface area contributed by atoms with E-state index in [1.165, 1.54) is 10.8 Å². The van der Waals surface area contributed by atoms with Crippen LogP contribution in [0.5, 0.6) is 0 Å². The molecular formula is C25H29N10O3+. The number of quaternary nitrogens is 1. The van der Waals surface area contributed by atoms with E-state index >= 15 is 0 Å². The van der Waals surface area contributed by atoms with E-state index in [4.69, 9.17) is 4.42 Å². The molecule has 0 aliphatic heterocycles. The van der Waals surface area contributed by atoms with Crippen LogP contribution < -0.4 is 21.7 Å². The minimum absolute atomic E-state index is 0.0279. The van der Waals surface area contributed by atoms with Gasteiger partial charge < -0.3 is 20.8 Å². The van der Waals surface area contributed by atoms with Crippen LogP contribution >= 0.6 is 0 Å². The largest absolute Gasteiger partial charge is 0.461 e. The van der Waals surface area contributed by atoms with Gasteiger partial charge in [0.15, 0.2) is 17.1 Å². The van der Waals surface area contributed by atoms with Gasteiger partial charge in [0.2, 0.25) is 17.7 Å². The average Bonchev–Trinajstić information content (AvgIpc) is 3.64. The number of benzene rings is 1. The highest BCUT2D eigenvalue weighted by Gasteiger charge is 2.19. The van der Waals surface area contributed by atoms with Crippen LogP contribution in [0.4, 0.5) is 16.4 Å². The molecular weight excluding hydrogens is 488 g/mol. The van der Waals surface area contributed by atoms with Gasteiger partial charge in [-0.25, -0.2) is 9.78 Å². The molecule has 1 aromatic carbocycles. The maximum atomic E-state index is 12.8. The molecule has 196 valence electrons. The van der Waals surface area contributed by atoms with Gasteiger partial charge in [0.1, 0.15) is 0 Å². The van der Waals surface area contributed by atoms with Gasteiger partial charge in [0, 0.05) is 25.5 Å². The summed E-state index contributed by atoms with van der Waals surface area (Å²) in [5.74, 6) is 0.968. The summed E-state index contributed by atoms with van der Waals surface area (Å²) in [6.07, 6.45) is 6.68. The number of unbranched alkanes of at least 4 members (excludes halogenated alkanes) is 2. The second-order valence-corrected chi connectivity index (χ2v) is 8.84. The molecule has 13 heteroatoms. The first-order valence-corrected chi connectivity index (χ1v) is 12.4. The summed E-state index contributed by atoms with van der Waals surface area (Å²) in [7, 11) is 1.78. The van der Waals surface area contributed by atoms with Gasteiger partial charge in [-0.05, 0) is 49.1 Å². The van der Waals surface area contributed by atoms with E-state index in [-0.39, 0.29) is 18.3 Å². The number of carbonyl (C=O) groups excluding carboxylic acids is 2. The SMILES string of the molecule is Cn1cc2c(nc(NC(=O)Nc3ccc(CC(=O)NCCCCC[NH3+])cc3)n3nc(-c4ccco4)nc23)n1. The van der Waals surface area contributed by atoms with Gasteiger partial charge in [0.25, 0.3) is 0 Å². The molecule has 0 radical (unpaired) electrons. The lowest BCUT2D eigenvalue weighted by atomic mass is 10.1. The molecule has 13 nitrogen and oxygen atoms in total. The number of hydrogen-bond donors (Lipinski definition) is 4. The Morgan fingerprint density at radius 1 is 1.03 bits per heavy atom. The van der Waals surface area contributed by atoms with Gasteiger partial charge in [0.05, 0.1) is 24.6 Å². The summed E-state index contributed by atoms with van der Waals surface area (Å²) in [4.78, 5) is 34.0. The fraction of sp³-hybridized carbons (Fsp3) is 0.280. The van der Waals surface area contributed by atoms with Gasteiger partial charge in [-0.1, -0.05) is 12.1 Å². The monoisotopic (exact) mass is 517 g/mol. The molecule has 6 N–H and O–H groups in total. The standard InChI is InChI=1S/C25H28N10O3/c1-34-15-18-21(32-34)30-24(35-23(18)29-22(33-35)19-6-5-13-38-19)31-25(37)28-17-9-7-16(8-10-17)14-20(36)27-12-4-2-3-11-26/h5-10,13,15H,2-4,11-12,14,26H2,1H3,(H,27,36)(H2,28,30,31,32,37)/p+1. The first-order valence-electron chi connectivity index (χ1n) is 12.4. The summed E-state index contributed by atoms with van der Waals surface area (Å²) in [6.45, 7) is 1.58. The summed E-state index contributed by atoms with van der Waals surface area (Å²) < 4.78 is 8.49. The van der Waals surface area contributed by atoms with E-state index in [9.17, 15) is 9.59 Å². The second-order valence-electron chi connectivity index (χ2n) is 8.84. The second kappa shape index (κ2) is 11.1. The van der Waals surface area contributed by atoms with Crippen LogP contribution in [0.15, 0.2) is 53.3 Å². The number of hydrogen-bond acceptors (Lipinski definition) is 7. The summed E-state index contributed by atoms with van der Waals surface area (Å²) in [6, 6.07) is 10.1. The number of fused-ring (bicyclic) bond motifs is 3. The van der Waals surface area contributed by atoms with Crippen molar-refractivity contribution in [3.8, 4) is 11.6 Å². The third kappa shape index (κ3) is 5.62. The zero-order valence-corrected chi connectivity index (χ0v) is 21.0. The number of aryl methyl sites for hydroxylation is 1. The third-order valence-electron chi connectivity index (χ3n) is 5.86. The van der Waals surface area contributed by atoms with Crippen molar-refractivity contribution in [1.82, 2.24) is 34.7 Å². The van der Waals surface area contributed by atoms with Crippen molar-refractivity contribution in [1.29, 1.82) is 0 Å². The Labute approximate surface area is 217 Å². The molecule has 0 aliphatic carbocycles. The summed E-state index contributed by atoms with van der Waals surface area (Å²) >= 11 is 0. The number of nitrogens with one attached hydrogen (secondary N) is 3. The lowest BCUT2D eigenvalue weighted by Crippen LogP contribution is -2.50. The number of amides is 3. The van der Waals surface area contributed by atoms with Crippen molar-refractivity contribution >= 4 is 40.3 Å². The van der Waals surface area contributed by atoms with E-state index in [0.29, 0.717) is 40.5 Å². The number of nitrogens with zero attached hydrogens (tertiary/aromatic N) is 6. The molecule has 0 saturated carbocycles. The van der Waals surface area contributed by atoms with E-state index in [0.717, 1.165) is 31.4 Å². The molecule has 4 heterocycles. The third-order valence-corrected chi connectivity index (χ3v) is 5.86. The molecule has 38 heavy (non-hydrogen) atoms. The van der Waals surface area contributed by atoms with Crippen molar-refractivity contribution < 1.29 is 19.7 Å². The van der Waals surface area contributed by atoms with E-state index in [1.54, 1.807) is 54.3 Å². The highest BCUT2D eigenvalue weighted by molar-refractivity contribution is 6.00. The minimum Gasteiger partial charge on any atom is -0.461 e. The highest BCUT2D eigenvalue weighted by Crippen LogP contribution is 2.24. The average molecular weight is 518 g/mol. The minimum atomic E-state index is -0.517. The van der Waals surface area contributed by atoms with Gasteiger partial charge in [-0.2, -0.15) is 14.6 Å². The topological polar surface area (TPSA) is 172 Å². The van der Waals surface area contributed by atoms with Crippen molar-refractivity contribution in [2.24, 2.45) is 7.05 Å². The van der Waals surface area contributed by atoms with E-state index in [1.807, 2.05) is 0 Å². The number of anilines is 2. The summed E-state index contributed by atoms with van der Waals surface area (Å²) in [5, 5.41) is 17.9. The maximum Gasteiger partial charge on any atom is 0.326 e. The van der Waals surface area contributed by atoms with E-state index in [2.05, 4.69) is 41.8 Å². The predicted octanol–water partition coefficient (Wildman–Crippen LogP) is 1.99. The van der Waals surface area contributed by atoms with Crippen molar-refractivity contribution in [3.05, 3.63) is 54.4 Å². The van der Waals surface area contributed by atoms with Crippen molar-refractivity contribution in [2.45, 2.75) is 25.7 Å². The Hall–Kier alpha value is -4.78. The molecule has 0 atom stereocenters. The molecule has 0 bridgehead atoms. The van der Waals surface area contributed by atoms with Crippen LogP contribution in [0.2, 0.25) is 0 Å². The van der Waals surface area contributed by atoms with Crippen molar-refractivity contribution in [3.63, 3.8) is 0 Å². The van der Waals surface area contributed by atoms with Crippen LogP contribution in [-0.2, 0) is 18.3 Å². The predicted molar refractivity (Wildman–Crippen MR) is 140 cm³/mol. The molecule has 0 saturated heterocycles. The first kappa shape index (κ1) is 24.9. The Bertz CT molecular complexity index is 1550. The molecule has 5 rings (SSSR count). The maximum absolute atomic E-state index is 12.8. The van der Waals surface area contributed by atoms with Crippen LogP contribution in [0.1, 0.15) is 24.8 Å². The van der Waals surface area contributed by atoms with Crippen LogP contribution in [0.3, 0.4) is 0 Å². The molecule has 3 amide bonds. The zero-order chi connectivity index (χ0) is 26.5.